The Morgan fingerprint density at radius 1 is 0.529 bits per heavy atom. The zero-order valence-corrected chi connectivity index (χ0v) is 18.4. The van der Waals surface area contributed by atoms with Gasteiger partial charge in [0.2, 0.25) is 0 Å². The van der Waals surface area contributed by atoms with Crippen molar-refractivity contribution in [2.45, 2.75) is 0 Å². The summed E-state index contributed by atoms with van der Waals surface area (Å²) in [5, 5.41) is 5.53. The van der Waals surface area contributed by atoms with E-state index in [1.807, 2.05) is 72.8 Å². The molecule has 4 aromatic rings. The van der Waals surface area contributed by atoms with Crippen molar-refractivity contribution >= 4 is 23.2 Å². The van der Waals surface area contributed by atoms with Crippen molar-refractivity contribution in [1.29, 1.82) is 0 Å². The molecule has 0 fully saturated rings. The van der Waals surface area contributed by atoms with Gasteiger partial charge in [0.05, 0.1) is 0 Å². The Labute approximate surface area is 198 Å². The third-order valence-corrected chi connectivity index (χ3v) is 4.87. The molecule has 2 amide bonds. The second-order valence-electron chi connectivity index (χ2n) is 7.46. The Balaban J connectivity index is 1.25. The summed E-state index contributed by atoms with van der Waals surface area (Å²) in [6, 6.07) is 33.6. The normalized spacial score (nSPS) is 10.2. The van der Waals surface area contributed by atoms with Crippen LogP contribution in [0.5, 0.6) is 11.5 Å². The first-order valence-electron chi connectivity index (χ1n) is 10.8. The summed E-state index contributed by atoms with van der Waals surface area (Å²) in [4.78, 5) is 24.5. The van der Waals surface area contributed by atoms with Crippen LogP contribution in [0.3, 0.4) is 0 Å². The van der Waals surface area contributed by atoms with Gasteiger partial charge >= 0.3 is 0 Å². The van der Waals surface area contributed by atoms with Gasteiger partial charge in [0.25, 0.3) is 11.8 Å². The van der Waals surface area contributed by atoms with Crippen molar-refractivity contribution in [1.82, 2.24) is 0 Å². The first kappa shape index (κ1) is 22.6. The Hall–Kier alpha value is -4.58. The van der Waals surface area contributed by atoms with Crippen LogP contribution in [0.15, 0.2) is 109 Å². The fourth-order valence-corrected chi connectivity index (χ4v) is 3.26. The predicted octanol–water partition coefficient (Wildman–Crippen LogP) is 5.39. The topological polar surface area (TPSA) is 76.7 Å². The van der Waals surface area contributed by atoms with Crippen LogP contribution in [0.4, 0.5) is 11.4 Å². The first-order valence-corrected chi connectivity index (χ1v) is 10.8. The average Bonchev–Trinajstić information content (AvgIpc) is 2.88. The number of hydrogen-bond acceptors (Lipinski definition) is 4. The van der Waals surface area contributed by atoms with Crippen molar-refractivity contribution in [3.05, 3.63) is 109 Å². The van der Waals surface area contributed by atoms with Crippen LogP contribution in [0.2, 0.25) is 0 Å². The van der Waals surface area contributed by atoms with Gasteiger partial charge in [-0.3, -0.25) is 9.59 Å². The fourth-order valence-electron chi connectivity index (χ4n) is 3.26. The van der Waals surface area contributed by atoms with Gasteiger partial charge in [-0.05, 0) is 53.6 Å². The number of para-hydroxylation sites is 1. The average molecular weight is 453 g/mol. The highest BCUT2D eigenvalue weighted by Gasteiger charge is 2.07. The van der Waals surface area contributed by atoms with Crippen LogP contribution < -0.4 is 20.1 Å². The number of carbonyl (C=O) groups excluding carboxylic acids is 2. The summed E-state index contributed by atoms with van der Waals surface area (Å²) in [7, 11) is 0. The smallest absolute Gasteiger partial charge is 0.262 e. The largest absolute Gasteiger partial charge is 0.484 e. The third-order valence-electron chi connectivity index (χ3n) is 4.87. The number of ether oxygens (including phenoxy) is 2. The lowest BCUT2D eigenvalue weighted by Crippen LogP contribution is -2.21. The molecule has 2 N–H and O–H groups in total. The van der Waals surface area contributed by atoms with Gasteiger partial charge in [-0.15, -0.1) is 0 Å². The van der Waals surface area contributed by atoms with Crippen molar-refractivity contribution < 1.29 is 19.1 Å². The van der Waals surface area contributed by atoms with E-state index in [0.29, 0.717) is 22.9 Å². The summed E-state index contributed by atoms with van der Waals surface area (Å²) in [6.07, 6.45) is 0. The van der Waals surface area contributed by atoms with E-state index in [-0.39, 0.29) is 25.0 Å². The summed E-state index contributed by atoms with van der Waals surface area (Å²) in [5.74, 6) is 0.625. The van der Waals surface area contributed by atoms with Gasteiger partial charge < -0.3 is 20.1 Å². The van der Waals surface area contributed by atoms with Crippen LogP contribution in [0.1, 0.15) is 0 Å². The molecule has 0 aliphatic rings. The number of nitrogens with one attached hydrogen (secondary N) is 2. The van der Waals surface area contributed by atoms with Crippen molar-refractivity contribution in [2.75, 3.05) is 23.8 Å². The second-order valence-corrected chi connectivity index (χ2v) is 7.46. The standard InChI is InChI=1S/C28H24N2O4/c31-27(19-33-25-12-5-2-6-13-25)29-23-10-7-11-24(18-23)30-28(32)20-34-26-16-14-22(15-17-26)21-8-3-1-4-9-21/h1-18H,19-20H2,(H,29,31)(H,30,32). The quantitative estimate of drug-likeness (QED) is 0.357. The molecule has 4 rings (SSSR count). The van der Waals surface area contributed by atoms with Crippen LogP contribution in [-0.4, -0.2) is 25.0 Å². The van der Waals surface area contributed by atoms with Crippen LogP contribution >= 0.6 is 0 Å². The van der Waals surface area contributed by atoms with Gasteiger partial charge in [-0.2, -0.15) is 0 Å². The van der Waals surface area contributed by atoms with E-state index in [1.165, 1.54) is 0 Å². The maximum Gasteiger partial charge on any atom is 0.262 e. The molecule has 34 heavy (non-hydrogen) atoms. The molecule has 0 radical (unpaired) electrons. The number of hydrogen-bond donors (Lipinski definition) is 2. The molecule has 0 saturated heterocycles. The van der Waals surface area contributed by atoms with Crippen molar-refractivity contribution in [3.8, 4) is 22.6 Å². The summed E-state index contributed by atoms with van der Waals surface area (Å²) in [6.45, 7) is -0.246. The van der Waals surface area contributed by atoms with E-state index in [9.17, 15) is 9.59 Å². The molecule has 0 atom stereocenters. The third kappa shape index (κ3) is 6.71. The maximum absolute atomic E-state index is 12.3. The SMILES string of the molecule is O=C(COc1ccccc1)Nc1cccc(NC(=O)COc2ccc(-c3ccccc3)cc2)c1. The molecule has 0 aromatic heterocycles. The van der Waals surface area contributed by atoms with Gasteiger partial charge in [0.15, 0.2) is 13.2 Å². The minimum atomic E-state index is -0.303. The van der Waals surface area contributed by atoms with E-state index in [1.54, 1.807) is 36.4 Å². The molecule has 6 nitrogen and oxygen atoms in total. The molecule has 0 unspecified atom stereocenters. The number of rotatable bonds is 9. The van der Waals surface area contributed by atoms with Gasteiger partial charge in [0, 0.05) is 11.4 Å². The van der Waals surface area contributed by atoms with E-state index < -0.39 is 0 Å². The molecule has 0 aliphatic carbocycles. The summed E-state index contributed by atoms with van der Waals surface area (Å²) in [5.41, 5.74) is 3.29. The lowest BCUT2D eigenvalue weighted by molar-refractivity contribution is -0.118. The Morgan fingerprint density at radius 3 is 1.56 bits per heavy atom. The monoisotopic (exact) mass is 452 g/mol. The number of anilines is 2. The molecule has 170 valence electrons. The molecule has 0 bridgehead atoms. The lowest BCUT2D eigenvalue weighted by Gasteiger charge is -2.11. The number of amides is 2. The molecule has 0 spiro atoms. The predicted molar refractivity (Wildman–Crippen MR) is 133 cm³/mol. The van der Waals surface area contributed by atoms with E-state index in [0.717, 1.165) is 11.1 Å². The minimum absolute atomic E-state index is 0.114. The van der Waals surface area contributed by atoms with Crippen LogP contribution in [-0.2, 0) is 9.59 Å². The van der Waals surface area contributed by atoms with Gasteiger partial charge in [-0.1, -0.05) is 66.7 Å². The highest BCUT2D eigenvalue weighted by atomic mass is 16.5. The summed E-state index contributed by atoms with van der Waals surface area (Å²) >= 11 is 0. The van der Waals surface area contributed by atoms with E-state index >= 15 is 0 Å². The molecule has 0 heterocycles. The van der Waals surface area contributed by atoms with Crippen molar-refractivity contribution in [2.24, 2.45) is 0 Å². The molecule has 6 heteroatoms. The second kappa shape index (κ2) is 11.3. The van der Waals surface area contributed by atoms with Crippen LogP contribution in [0, 0.1) is 0 Å². The highest BCUT2D eigenvalue weighted by molar-refractivity contribution is 5.95. The number of carbonyl (C=O) groups is 2. The van der Waals surface area contributed by atoms with Crippen molar-refractivity contribution in [3.63, 3.8) is 0 Å². The molecular formula is C28H24N2O4. The minimum Gasteiger partial charge on any atom is -0.484 e. The lowest BCUT2D eigenvalue weighted by atomic mass is 10.1. The fraction of sp³-hybridized carbons (Fsp3) is 0.0714. The first-order chi connectivity index (χ1) is 16.7. The number of benzene rings is 4. The molecule has 0 saturated carbocycles. The Morgan fingerprint density at radius 2 is 1.00 bits per heavy atom. The molecule has 0 aliphatic heterocycles. The van der Waals surface area contributed by atoms with Gasteiger partial charge in [-0.25, -0.2) is 0 Å². The Kier molecular flexibility index (Phi) is 7.54. The molecular weight excluding hydrogens is 428 g/mol. The van der Waals surface area contributed by atoms with E-state index in [4.69, 9.17) is 9.47 Å². The van der Waals surface area contributed by atoms with E-state index in [2.05, 4.69) is 10.6 Å². The maximum atomic E-state index is 12.3. The summed E-state index contributed by atoms with van der Waals surface area (Å²) < 4.78 is 11.0. The zero-order valence-electron chi connectivity index (χ0n) is 18.4. The van der Waals surface area contributed by atoms with Crippen LogP contribution in [0.25, 0.3) is 11.1 Å². The highest BCUT2D eigenvalue weighted by Crippen LogP contribution is 2.22. The zero-order chi connectivity index (χ0) is 23.6. The van der Waals surface area contributed by atoms with Gasteiger partial charge in [0.1, 0.15) is 11.5 Å². The Bertz CT molecular complexity index is 1230. The molecule has 4 aromatic carbocycles.